The van der Waals surface area contributed by atoms with Crippen molar-refractivity contribution in [2.24, 2.45) is 0 Å². The zero-order chi connectivity index (χ0) is 40.6. The second-order valence-corrected chi connectivity index (χ2v) is 13.4. The highest BCUT2D eigenvalue weighted by Crippen LogP contribution is 2.33. The predicted molar refractivity (Wildman–Crippen MR) is 216 cm³/mol. The Kier molecular flexibility index (Phi) is 12.8. The van der Waals surface area contributed by atoms with Gasteiger partial charge in [0.25, 0.3) is 0 Å². The Morgan fingerprint density at radius 2 is 1.30 bits per heavy atom. The first-order valence-corrected chi connectivity index (χ1v) is 18.1. The number of aromatic nitrogens is 8. The van der Waals surface area contributed by atoms with E-state index in [9.17, 15) is 5.11 Å². The topological polar surface area (TPSA) is 209 Å². The van der Waals surface area contributed by atoms with Crippen LogP contribution in [-0.4, -0.2) is 116 Å². The number of nitrogens with one attached hydrogen (secondary N) is 1. The van der Waals surface area contributed by atoms with Gasteiger partial charge in [-0.3, -0.25) is 0 Å². The third-order valence-corrected chi connectivity index (χ3v) is 9.29. The van der Waals surface area contributed by atoms with Crippen LogP contribution in [0.2, 0.25) is 5.28 Å². The van der Waals surface area contributed by atoms with E-state index in [4.69, 9.17) is 41.4 Å². The molecule has 0 unspecified atom stereocenters. The fourth-order valence-corrected chi connectivity index (χ4v) is 6.00. The highest BCUT2D eigenvalue weighted by Gasteiger charge is 2.27. The van der Waals surface area contributed by atoms with Crippen LogP contribution in [0.5, 0.6) is 23.0 Å². The molecule has 0 spiro atoms. The van der Waals surface area contributed by atoms with Crippen molar-refractivity contribution in [3.63, 3.8) is 0 Å². The van der Waals surface area contributed by atoms with Crippen LogP contribution in [-0.2, 0) is 0 Å². The summed E-state index contributed by atoms with van der Waals surface area (Å²) in [6, 6.07) is 11.1. The van der Waals surface area contributed by atoms with Gasteiger partial charge in [-0.2, -0.15) is 9.97 Å². The lowest BCUT2D eigenvalue weighted by atomic mass is 10.2. The van der Waals surface area contributed by atoms with Crippen LogP contribution in [0, 0.1) is 13.8 Å². The molecule has 0 bridgehead atoms. The molecule has 2 aliphatic heterocycles. The van der Waals surface area contributed by atoms with E-state index >= 15 is 0 Å². The molecule has 0 saturated carbocycles. The number of aryl methyl sites for hydroxylation is 2. The van der Waals surface area contributed by atoms with E-state index in [1.165, 1.54) is 6.20 Å². The maximum Gasteiger partial charge on any atom is 0.229 e. The second-order valence-electron chi connectivity index (χ2n) is 13.0. The van der Waals surface area contributed by atoms with Gasteiger partial charge in [-0.25, -0.2) is 19.9 Å². The lowest BCUT2D eigenvalue weighted by Crippen LogP contribution is -2.43. The molecule has 4 aromatic heterocycles. The minimum atomic E-state index is -0.131. The number of aliphatic hydroxyl groups excluding tert-OH is 2. The molecule has 0 aliphatic carbocycles. The van der Waals surface area contributed by atoms with Crippen LogP contribution >= 0.6 is 11.6 Å². The number of methoxy groups -OCH3 is 2. The standard InChI is InChI=1S/C19H22N6O3.C11H13N3O.C8H10ClN3O2/c1-12-8-25(11-21-12)15-5-4-13(6-16(15)27-3)22-19-20-7-17-18(23-19)24(2)14(9-26)10-28-17;1-8-6-14(7-13-8)10-4-3-9(12)5-11(10)15-2;1-12-5(3-13)4-14-6-2-10-8(9)11-7(6)12/h4-8,11,14,26H,9-10H2,1-3H3,(H,20,22,23);3-7H,12H2,1-2H3;2,5,13H,3-4H2,1H3/t14-;;5-/m0.0/s1. The number of nitrogen functional groups attached to an aromatic ring is 1. The summed E-state index contributed by atoms with van der Waals surface area (Å²) in [6.45, 7) is 4.74. The molecule has 0 radical (unpaired) electrons. The minimum absolute atomic E-state index is 0.00487. The molecule has 6 aromatic rings. The molecular formula is C38H45ClN12O6. The van der Waals surface area contributed by atoms with Gasteiger partial charge in [-0.1, -0.05) is 0 Å². The average molecular weight is 801 g/mol. The van der Waals surface area contributed by atoms with Gasteiger partial charge < -0.3 is 59.1 Å². The number of hydrogen-bond acceptors (Lipinski definition) is 16. The van der Waals surface area contributed by atoms with E-state index in [0.29, 0.717) is 53.7 Å². The Labute approximate surface area is 334 Å². The van der Waals surface area contributed by atoms with E-state index in [-0.39, 0.29) is 30.6 Å². The predicted octanol–water partition coefficient (Wildman–Crippen LogP) is 4.00. The van der Waals surface area contributed by atoms with Crippen LogP contribution in [0.3, 0.4) is 0 Å². The Balaban J connectivity index is 0.000000159. The highest BCUT2D eigenvalue weighted by molar-refractivity contribution is 6.28. The van der Waals surface area contributed by atoms with Crippen LogP contribution in [0.1, 0.15) is 11.4 Å². The normalized spacial score (nSPS) is 15.4. The summed E-state index contributed by atoms with van der Waals surface area (Å²) >= 11 is 5.67. The van der Waals surface area contributed by atoms with Gasteiger partial charge in [-0.05, 0) is 49.7 Å². The van der Waals surface area contributed by atoms with E-state index in [1.54, 1.807) is 39.1 Å². The molecule has 6 heterocycles. The van der Waals surface area contributed by atoms with Crippen LogP contribution < -0.4 is 39.8 Å². The highest BCUT2D eigenvalue weighted by atomic mass is 35.5. The molecule has 57 heavy (non-hydrogen) atoms. The zero-order valence-electron chi connectivity index (χ0n) is 32.4. The van der Waals surface area contributed by atoms with Crippen LogP contribution in [0.15, 0.2) is 73.8 Å². The molecule has 300 valence electrons. The summed E-state index contributed by atoms with van der Waals surface area (Å²) < 4.78 is 25.6. The summed E-state index contributed by atoms with van der Waals surface area (Å²) in [4.78, 5) is 28.9. The number of hydrogen-bond donors (Lipinski definition) is 4. The summed E-state index contributed by atoms with van der Waals surface area (Å²) in [7, 11) is 6.97. The smallest absolute Gasteiger partial charge is 0.229 e. The summed E-state index contributed by atoms with van der Waals surface area (Å²) in [5.41, 5.74) is 10.9. The Bertz CT molecular complexity index is 2290. The van der Waals surface area contributed by atoms with Crippen LogP contribution in [0.4, 0.5) is 29.0 Å². The van der Waals surface area contributed by atoms with Crippen molar-refractivity contribution in [3.05, 3.63) is 90.5 Å². The number of halogens is 1. The molecule has 2 aliphatic rings. The third-order valence-electron chi connectivity index (χ3n) is 9.11. The minimum Gasteiger partial charge on any atom is -0.494 e. The molecule has 0 saturated heterocycles. The van der Waals surface area contributed by atoms with Crippen molar-refractivity contribution in [1.29, 1.82) is 0 Å². The molecule has 0 fully saturated rings. The van der Waals surface area contributed by atoms with E-state index in [2.05, 4.69) is 35.2 Å². The molecule has 5 N–H and O–H groups in total. The molecule has 8 rings (SSSR count). The fourth-order valence-electron chi connectivity index (χ4n) is 5.88. The van der Waals surface area contributed by atoms with Gasteiger partial charge in [0.2, 0.25) is 11.2 Å². The summed E-state index contributed by atoms with van der Waals surface area (Å²) in [6.07, 6.45) is 10.5. The number of aliphatic hydroxyl groups is 2. The van der Waals surface area contributed by atoms with Gasteiger partial charge in [0, 0.05) is 50.0 Å². The molecule has 0 amide bonds. The fraction of sp³-hybridized carbons (Fsp3) is 0.316. The van der Waals surface area contributed by atoms with Crippen molar-refractivity contribution >= 4 is 40.6 Å². The summed E-state index contributed by atoms with van der Waals surface area (Å²) in [5.74, 6) is 4.33. The number of nitrogens with zero attached hydrogens (tertiary/aromatic N) is 10. The monoisotopic (exact) mass is 800 g/mol. The average Bonchev–Trinajstić information content (AvgIpc) is 3.86. The van der Waals surface area contributed by atoms with Crippen molar-refractivity contribution in [3.8, 4) is 34.4 Å². The number of imidazole rings is 2. The Morgan fingerprint density at radius 3 is 1.82 bits per heavy atom. The van der Waals surface area contributed by atoms with Crippen molar-refractivity contribution in [2.45, 2.75) is 25.9 Å². The first-order valence-electron chi connectivity index (χ1n) is 17.7. The van der Waals surface area contributed by atoms with Gasteiger partial charge in [0.05, 0.1) is 87.3 Å². The molecule has 18 nitrogen and oxygen atoms in total. The van der Waals surface area contributed by atoms with E-state index in [1.807, 2.05) is 89.6 Å². The first kappa shape index (κ1) is 40.3. The SMILES string of the molecule is CN1c2nc(Cl)ncc2OC[C@@H]1CO.COc1cc(N)ccc1-n1cnc(C)c1.COc1cc(Nc2ncc3c(n2)N(C)[C@@H](CO)CO3)ccc1-n1cnc(C)c1. The van der Waals surface area contributed by atoms with Gasteiger partial charge in [0.15, 0.2) is 23.1 Å². The van der Waals surface area contributed by atoms with Crippen molar-refractivity contribution in [2.75, 3.05) is 75.6 Å². The number of ether oxygens (including phenoxy) is 4. The van der Waals surface area contributed by atoms with E-state index < -0.39 is 0 Å². The Morgan fingerprint density at radius 1 is 0.772 bits per heavy atom. The number of anilines is 5. The van der Waals surface area contributed by atoms with Gasteiger partial charge >= 0.3 is 0 Å². The van der Waals surface area contributed by atoms with Crippen molar-refractivity contribution in [1.82, 2.24) is 39.0 Å². The maximum absolute atomic E-state index is 9.47. The lowest BCUT2D eigenvalue weighted by Gasteiger charge is -2.33. The van der Waals surface area contributed by atoms with Gasteiger partial charge in [0.1, 0.15) is 24.7 Å². The molecular weight excluding hydrogens is 756 g/mol. The Hall–Kier alpha value is -6.37. The zero-order valence-corrected chi connectivity index (χ0v) is 33.1. The summed E-state index contributed by atoms with van der Waals surface area (Å²) in [5, 5.41) is 21.9. The number of benzene rings is 2. The lowest BCUT2D eigenvalue weighted by molar-refractivity contribution is 0.189. The number of likely N-dealkylation sites (N-methyl/N-ethyl adjacent to an activating group) is 2. The van der Waals surface area contributed by atoms with Gasteiger partial charge in [-0.15, -0.1) is 0 Å². The molecule has 2 aromatic carbocycles. The number of rotatable bonds is 8. The number of nitrogens with two attached hydrogens (primary N) is 1. The van der Waals surface area contributed by atoms with Crippen LogP contribution in [0.25, 0.3) is 11.4 Å². The number of fused-ring (bicyclic) bond motifs is 2. The molecule has 19 heteroatoms. The van der Waals surface area contributed by atoms with E-state index in [0.717, 1.165) is 34.2 Å². The largest absolute Gasteiger partial charge is 0.494 e. The molecule has 2 atom stereocenters. The quantitative estimate of drug-likeness (QED) is 0.127. The third kappa shape index (κ3) is 9.37. The second kappa shape index (κ2) is 18.1. The maximum atomic E-state index is 9.47. The first-order chi connectivity index (χ1) is 27.5. The van der Waals surface area contributed by atoms with Crippen molar-refractivity contribution < 1.29 is 29.2 Å².